The predicted molar refractivity (Wildman–Crippen MR) is 75.4 cm³/mol. The van der Waals surface area contributed by atoms with Gasteiger partial charge in [-0.3, -0.25) is 4.79 Å². The molecule has 0 atom stereocenters. The number of aliphatic imine (C=N–C) groups is 3. The van der Waals surface area contributed by atoms with Crippen LogP contribution >= 0.6 is 0 Å². The number of hydrogen-bond donors (Lipinski definition) is 0. The monoisotopic (exact) mass is 263 g/mol. The fourth-order valence-corrected chi connectivity index (χ4v) is 2.27. The molecule has 0 radical (unpaired) electrons. The number of hydrogen-bond acceptors (Lipinski definition) is 4. The average molecular weight is 263 g/mol. The Morgan fingerprint density at radius 2 is 2.06 bits per heavy atom. The zero-order chi connectivity index (χ0) is 13.2. The molecule has 0 aromatic carbocycles. The van der Waals surface area contributed by atoms with E-state index >= 15 is 0 Å². The van der Waals surface area contributed by atoms with Crippen molar-refractivity contribution in [3.8, 4) is 0 Å². The normalized spacial score (nSPS) is 18.4. The summed E-state index contributed by atoms with van der Waals surface area (Å²) in [5.41, 5.74) is 0.473. The van der Waals surface area contributed by atoms with E-state index in [1.165, 1.54) is 0 Å². The van der Waals surface area contributed by atoms with Crippen LogP contribution < -0.4 is 0 Å². The Labute approximate surface area is 107 Å². The molecule has 0 spiro atoms. The fraction of sp³-hybridized carbons (Fsp3) is 0.500. The van der Waals surface area contributed by atoms with E-state index in [0.717, 1.165) is 6.04 Å². The molecule has 0 aromatic heterocycles. The average Bonchev–Trinajstić information content (AvgIpc) is 2.71. The molecule has 0 aliphatic carbocycles. The summed E-state index contributed by atoms with van der Waals surface area (Å²) in [6.45, 7) is 7.86. The van der Waals surface area contributed by atoms with Gasteiger partial charge in [-0.1, -0.05) is 19.6 Å². The molecule has 6 heteroatoms. The first kappa shape index (κ1) is 13.0. The van der Waals surface area contributed by atoms with Gasteiger partial charge in [-0.25, -0.2) is 9.98 Å². The number of amidine groups is 2. The SMILES string of the molecule is C[Si](C)(C)CCOCC1=NC(=O)C2=CC=NC2=N1. The standard InChI is InChI=1S/C12H17N3O2Si/c1-18(2,3)7-6-17-8-10-14-11-9(4-5-13-11)12(16)15-10/h4-5H,6-8H2,1-3H3. The van der Waals surface area contributed by atoms with Crippen molar-refractivity contribution in [2.75, 3.05) is 13.2 Å². The summed E-state index contributed by atoms with van der Waals surface area (Å²) in [6, 6.07) is 1.09. The molecule has 2 aliphatic rings. The molecule has 2 rings (SSSR count). The van der Waals surface area contributed by atoms with Crippen molar-refractivity contribution in [3.05, 3.63) is 11.6 Å². The van der Waals surface area contributed by atoms with E-state index in [4.69, 9.17) is 4.74 Å². The topological polar surface area (TPSA) is 63.4 Å². The first-order valence-electron chi connectivity index (χ1n) is 5.99. The van der Waals surface area contributed by atoms with E-state index in [1.807, 2.05) is 0 Å². The Bertz CT molecular complexity index is 484. The molecule has 2 heterocycles. The third-order valence-corrected chi connectivity index (χ3v) is 4.31. The van der Waals surface area contributed by atoms with Crippen LogP contribution in [0.4, 0.5) is 0 Å². The zero-order valence-electron chi connectivity index (χ0n) is 10.9. The summed E-state index contributed by atoms with van der Waals surface area (Å²) in [5, 5.41) is 0. The second-order valence-electron chi connectivity index (χ2n) is 5.49. The van der Waals surface area contributed by atoms with E-state index in [0.29, 0.717) is 23.9 Å². The summed E-state index contributed by atoms with van der Waals surface area (Å²) in [4.78, 5) is 23.7. The van der Waals surface area contributed by atoms with E-state index in [1.54, 1.807) is 12.3 Å². The third-order valence-electron chi connectivity index (χ3n) is 2.60. The number of amides is 1. The first-order valence-corrected chi connectivity index (χ1v) is 9.69. The number of carbonyl (C=O) groups excluding carboxylic acids is 1. The van der Waals surface area contributed by atoms with Crippen molar-refractivity contribution in [1.82, 2.24) is 0 Å². The Morgan fingerprint density at radius 3 is 2.78 bits per heavy atom. The lowest BCUT2D eigenvalue weighted by Gasteiger charge is -2.15. The summed E-state index contributed by atoms with van der Waals surface area (Å²) >= 11 is 0. The van der Waals surface area contributed by atoms with Crippen LogP contribution in [0.25, 0.3) is 0 Å². The van der Waals surface area contributed by atoms with Gasteiger partial charge >= 0.3 is 0 Å². The van der Waals surface area contributed by atoms with Gasteiger partial charge in [0.2, 0.25) is 0 Å². The summed E-state index contributed by atoms with van der Waals surface area (Å²) in [5.74, 6) is 0.599. The fourth-order valence-electron chi connectivity index (χ4n) is 1.51. The maximum absolute atomic E-state index is 11.6. The molecule has 0 saturated carbocycles. The number of allylic oxidation sites excluding steroid dienone is 1. The molecule has 0 unspecified atom stereocenters. The van der Waals surface area contributed by atoms with Gasteiger partial charge in [0.25, 0.3) is 5.91 Å². The molecule has 1 amide bonds. The van der Waals surface area contributed by atoms with Crippen LogP contribution in [0, 0.1) is 0 Å². The van der Waals surface area contributed by atoms with Gasteiger partial charge in [-0.2, -0.15) is 4.99 Å². The van der Waals surface area contributed by atoms with Gasteiger partial charge < -0.3 is 4.74 Å². The van der Waals surface area contributed by atoms with E-state index in [2.05, 4.69) is 34.6 Å². The highest BCUT2D eigenvalue weighted by Gasteiger charge is 2.23. The van der Waals surface area contributed by atoms with Gasteiger partial charge in [0, 0.05) is 20.9 Å². The molecular weight excluding hydrogens is 246 g/mol. The Balaban J connectivity index is 1.86. The molecule has 2 aliphatic heterocycles. The minimum atomic E-state index is -1.08. The molecule has 18 heavy (non-hydrogen) atoms. The van der Waals surface area contributed by atoms with Gasteiger partial charge in [0.15, 0.2) is 11.7 Å². The van der Waals surface area contributed by atoms with Gasteiger partial charge in [0.05, 0.1) is 5.57 Å². The molecule has 0 saturated heterocycles. The molecule has 0 bridgehead atoms. The second-order valence-corrected chi connectivity index (χ2v) is 11.1. The Morgan fingerprint density at radius 1 is 1.28 bits per heavy atom. The Kier molecular flexibility index (Phi) is 3.67. The lowest BCUT2D eigenvalue weighted by atomic mass is 10.2. The lowest BCUT2D eigenvalue weighted by molar-refractivity contribution is -0.113. The number of rotatable bonds is 5. The lowest BCUT2D eigenvalue weighted by Crippen LogP contribution is -2.24. The summed E-state index contributed by atoms with van der Waals surface area (Å²) in [6.07, 6.45) is 3.20. The first-order chi connectivity index (χ1) is 8.46. The third kappa shape index (κ3) is 3.30. The molecule has 0 N–H and O–H groups in total. The second kappa shape index (κ2) is 5.07. The largest absolute Gasteiger partial charge is 0.374 e. The van der Waals surface area contributed by atoms with Gasteiger partial charge in [0.1, 0.15) is 6.61 Å². The highest BCUT2D eigenvalue weighted by Crippen LogP contribution is 2.13. The molecule has 0 aromatic rings. The summed E-state index contributed by atoms with van der Waals surface area (Å²) < 4.78 is 5.52. The van der Waals surface area contributed by atoms with Crippen molar-refractivity contribution in [2.45, 2.75) is 25.7 Å². The van der Waals surface area contributed by atoms with Crippen LogP contribution in [-0.2, 0) is 9.53 Å². The van der Waals surface area contributed by atoms with Gasteiger partial charge in [-0.05, 0) is 12.1 Å². The predicted octanol–water partition coefficient (Wildman–Crippen LogP) is 1.69. The summed E-state index contributed by atoms with van der Waals surface area (Å²) in [7, 11) is -1.08. The maximum Gasteiger partial charge on any atom is 0.282 e. The zero-order valence-corrected chi connectivity index (χ0v) is 11.9. The molecule has 0 fully saturated rings. The highest BCUT2D eigenvalue weighted by molar-refractivity contribution is 6.76. The Hall–Kier alpha value is -1.40. The van der Waals surface area contributed by atoms with E-state index in [-0.39, 0.29) is 12.5 Å². The van der Waals surface area contributed by atoms with Crippen molar-refractivity contribution in [3.63, 3.8) is 0 Å². The number of fused-ring (bicyclic) bond motifs is 1. The van der Waals surface area contributed by atoms with Crippen LogP contribution in [-0.4, -0.2) is 45.1 Å². The van der Waals surface area contributed by atoms with Crippen molar-refractivity contribution in [2.24, 2.45) is 15.0 Å². The van der Waals surface area contributed by atoms with Gasteiger partial charge in [-0.15, -0.1) is 0 Å². The number of ether oxygens (including phenoxy) is 1. The molecular formula is C12H17N3O2Si. The number of carbonyl (C=O) groups is 1. The quantitative estimate of drug-likeness (QED) is 0.559. The van der Waals surface area contributed by atoms with E-state index in [9.17, 15) is 4.79 Å². The highest BCUT2D eigenvalue weighted by atomic mass is 28.3. The van der Waals surface area contributed by atoms with E-state index < -0.39 is 8.07 Å². The minimum absolute atomic E-state index is 0.277. The molecule has 96 valence electrons. The van der Waals surface area contributed by atoms with Crippen LogP contribution in [0.2, 0.25) is 25.7 Å². The van der Waals surface area contributed by atoms with Crippen LogP contribution in [0.5, 0.6) is 0 Å². The minimum Gasteiger partial charge on any atom is -0.374 e. The van der Waals surface area contributed by atoms with Crippen molar-refractivity contribution >= 4 is 31.9 Å². The van der Waals surface area contributed by atoms with Crippen LogP contribution in [0.15, 0.2) is 26.6 Å². The van der Waals surface area contributed by atoms with Crippen LogP contribution in [0.1, 0.15) is 0 Å². The van der Waals surface area contributed by atoms with Crippen molar-refractivity contribution < 1.29 is 9.53 Å². The van der Waals surface area contributed by atoms with Crippen LogP contribution in [0.3, 0.4) is 0 Å². The number of nitrogens with zero attached hydrogens (tertiary/aromatic N) is 3. The maximum atomic E-state index is 11.6. The molecule has 5 nitrogen and oxygen atoms in total. The smallest absolute Gasteiger partial charge is 0.282 e. The van der Waals surface area contributed by atoms with Crippen molar-refractivity contribution in [1.29, 1.82) is 0 Å².